The van der Waals surface area contributed by atoms with Crippen molar-refractivity contribution in [1.29, 1.82) is 0 Å². The average Bonchev–Trinajstić information content (AvgIpc) is 2.62. The SMILES string of the molecule is C[C@](CC(=O)Nc1ccc2c(c1)CCC(=O)N2)(C(=O)O)c1ccccc1. The van der Waals surface area contributed by atoms with Gasteiger partial charge in [0.2, 0.25) is 11.8 Å². The van der Waals surface area contributed by atoms with Gasteiger partial charge in [-0.2, -0.15) is 0 Å². The van der Waals surface area contributed by atoms with Crippen molar-refractivity contribution in [3.8, 4) is 0 Å². The lowest BCUT2D eigenvalue weighted by Crippen LogP contribution is -2.36. The van der Waals surface area contributed by atoms with Crippen LogP contribution in [0.15, 0.2) is 48.5 Å². The van der Waals surface area contributed by atoms with Gasteiger partial charge in [0.25, 0.3) is 0 Å². The molecule has 0 bridgehead atoms. The monoisotopic (exact) mass is 352 g/mol. The summed E-state index contributed by atoms with van der Waals surface area (Å²) >= 11 is 0. The number of hydrogen-bond acceptors (Lipinski definition) is 3. The van der Waals surface area contributed by atoms with Crippen LogP contribution in [0.1, 0.15) is 30.9 Å². The zero-order valence-corrected chi connectivity index (χ0v) is 14.4. The first kappa shape index (κ1) is 17.7. The molecular formula is C20H20N2O4. The van der Waals surface area contributed by atoms with Crippen molar-refractivity contribution < 1.29 is 19.5 Å². The van der Waals surface area contributed by atoms with E-state index >= 15 is 0 Å². The fourth-order valence-corrected chi connectivity index (χ4v) is 3.09. The molecule has 2 aromatic rings. The molecule has 6 nitrogen and oxygen atoms in total. The molecule has 0 fully saturated rings. The van der Waals surface area contributed by atoms with Crippen molar-refractivity contribution >= 4 is 29.2 Å². The molecule has 1 aliphatic heterocycles. The van der Waals surface area contributed by atoms with Gasteiger partial charge in [-0.3, -0.25) is 14.4 Å². The van der Waals surface area contributed by atoms with Crippen LogP contribution in [-0.2, 0) is 26.2 Å². The number of benzene rings is 2. The molecule has 0 aromatic heterocycles. The Morgan fingerprint density at radius 2 is 1.88 bits per heavy atom. The van der Waals surface area contributed by atoms with E-state index < -0.39 is 11.4 Å². The van der Waals surface area contributed by atoms with Crippen molar-refractivity contribution in [2.24, 2.45) is 0 Å². The predicted octanol–water partition coefficient (Wildman–Crippen LogP) is 2.94. The molecule has 1 heterocycles. The lowest BCUT2D eigenvalue weighted by atomic mass is 9.79. The number of amides is 2. The van der Waals surface area contributed by atoms with Crippen LogP contribution in [-0.4, -0.2) is 22.9 Å². The van der Waals surface area contributed by atoms with E-state index in [1.165, 1.54) is 0 Å². The van der Waals surface area contributed by atoms with Crippen molar-refractivity contribution in [2.45, 2.75) is 31.6 Å². The summed E-state index contributed by atoms with van der Waals surface area (Å²) in [6, 6.07) is 14.0. The highest BCUT2D eigenvalue weighted by Gasteiger charge is 2.37. The van der Waals surface area contributed by atoms with E-state index in [0.717, 1.165) is 11.3 Å². The minimum Gasteiger partial charge on any atom is -0.481 e. The van der Waals surface area contributed by atoms with Crippen molar-refractivity contribution in [1.82, 2.24) is 0 Å². The molecule has 2 amide bonds. The maximum absolute atomic E-state index is 12.5. The van der Waals surface area contributed by atoms with E-state index in [0.29, 0.717) is 24.1 Å². The number of aliphatic carboxylic acids is 1. The van der Waals surface area contributed by atoms with Gasteiger partial charge in [-0.25, -0.2) is 0 Å². The van der Waals surface area contributed by atoms with Gasteiger partial charge < -0.3 is 15.7 Å². The van der Waals surface area contributed by atoms with Crippen LogP contribution in [0.5, 0.6) is 0 Å². The van der Waals surface area contributed by atoms with E-state index in [9.17, 15) is 19.5 Å². The van der Waals surface area contributed by atoms with Crippen molar-refractivity contribution in [3.05, 3.63) is 59.7 Å². The highest BCUT2D eigenvalue weighted by molar-refractivity contribution is 5.98. The lowest BCUT2D eigenvalue weighted by Gasteiger charge is -2.25. The Kier molecular flexibility index (Phi) is 4.75. The molecule has 3 rings (SSSR count). The molecule has 6 heteroatoms. The van der Waals surface area contributed by atoms with Crippen LogP contribution >= 0.6 is 0 Å². The molecule has 0 saturated carbocycles. The smallest absolute Gasteiger partial charge is 0.314 e. The second-order valence-corrected chi connectivity index (χ2v) is 6.65. The molecule has 1 aliphatic rings. The minimum absolute atomic E-state index is 0.0191. The van der Waals surface area contributed by atoms with Crippen LogP contribution in [0, 0.1) is 0 Å². The average molecular weight is 352 g/mol. The second kappa shape index (κ2) is 7.00. The molecule has 0 radical (unpaired) electrons. The largest absolute Gasteiger partial charge is 0.481 e. The van der Waals surface area contributed by atoms with Gasteiger partial charge in [0.1, 0.15) is 0 Å². The zero-order valence-electron chi connectivity index (χ0n) is 14.4. The Hall–Kier alpha value is -3.15. The molecular weight excluding hydrogens is 332 g/mol. The minimum atomic E-state index is -1.31. The summed E-state index contributed by atoms with van der Waals surface area (Å²) in [5.74, 6) is -1.44. The van der Waals surface area contributed by atoms with E-state index in [2.05, 4.69) is 10.6 Å². The van der Waals surface area contributed by atoms with Gasteiger partial charge in [0.15, 0.2) is 0 Å². The first-order valence-corrected chi connectivity index (χ1v) is 8.40. The van der Waals surface area contributed by atoms with E-state index in [1.807, 2.05) is 6.07 Å². The zero-order chi connectivity index (χ0) is 18.7. The van der Waals surface area contributed by atoms with Crippen LogP contribution in [0.3, 0.4) is 0 Å². The Balaban J connectivity index is 1.75. The lowest BCUT2D eigenvalue weighted by molar-refractivity contribution is -0.145. The summed E-state index contributed by atoms with van der Waals surface area (Å²) in [5.41, 5.74) is 1.56. The molecule has 0 unspecified atom stereocenters. The first-order chi connectivity index (χ1) is 12.4. The van der Waals surface area contributed by atoms with E-state index in [4.69, 9.17) is 0 Å². The Labute approximate surface area is 151 Å². The molecule has 1 atom stereocenters. The molecule has 0 spiro atoms. The molecule has 0 aliphatic carbocycles. The number of anilines is 2. The summed E-state index contributed by atoms with van der Waals surface area (Å²) in [6.07, 6.45) is 0.845. The highest BCUT2D eigenvalue weighted by atomic mass is 16.4. The summed E-state index contributed by atoms with van der Waals surface area (Å²) < 4.78 is 0. The van der Waals surface area contributed by atoms with Gasteiger partial charge in [-0.05, 0) is 42.7 Å². The first-order valence-electron chi connectivity index (χ1n) is 8.40. The third-order valence-corrected chi connectivity index (χ3v) is 4.68. The molecule has 0 saturated heterocycles. The Morgan fingerprint density at radius 1 is 1.15 bits per heavy atom. The number of rotatable bonds is 5. The topological polar surface area (TPSA) is 95.5 Å². The van der Waals surface area contributed by atoms with Crippen molar-refractivity contribution in [2.75, 3.05) is 10.6 Å². The van der Waals surface area contributed by atoms with Crippen LogP contribution in [0.2, 0.25) is 0 Å². The standard InChI is InChI=1S/C20H20N2O4/c1-20(19(25)26,14-5-3-2-4-6-14)12-18(24)21-15-8-9-16-13(11-15)7-10-17(23)22-16/h2-6,8-9,11H,7,10,12H2,1H3,(H,21,24)(H,22,23)(H,25,26)/t20-/m1/s1. The summed E-state index contributed by atoms with van der Waals surface area (Å²) in [7, 11) is 0. The summed E-state index contributed by atoms with van der Waals surface area (Å²) in [6.45, 7) is 1.55. The highest BCUT2D eigenvalue weighted by Crippen LogP contribution is 2.30. The number of hydrogen-bond donors (Lipinski definition) is 3. The van der Waals surface area contributed by atoms with E-state index in [1.54, 1.807) is 49.4 Å². The maximum atomic E-state index is 12.5. The number of aryl methyl sites for hydroxylation is 1. The van der Waals surface area contributed by atoms with Gasteiger partial charge in [0.05, 0.1) is 5.41 Å². The van der Waals surface area contributed by atoms with Crippen molar-refractivity contribution in [3.63, 3.8) is 0 Å². The third-order valence-electron chi connectivity index (χ3n) is 4.68. The third kappa shape index (κ3) is 3.59. The number of nitrogens with one attached hydrogen (secondary N) is 2. The Morgan fingerprint density at radius 3 is 2.58 bits per heavy atom. The fraction of sp³-hybridized carbons (Fsp3) is 0.250. The maximum Gasteiger partial charge on any atom is 0.314 e. The molecule has 2 aromatic carbocycles. The van der Waals surface area contributed by atoms with Crippen LogP contribution in [0.25, 0.3) is 0 Å². The van der Waals surface area contributed by atoms with Gasteiger partial charge in [-0.15, -0.1) is 0 Å². The van der Waals surface area contributed by atoms with Gasteiger partial charge in [-0.1, -0.05) is 30.3 Å². The number of carboxylic acid groups (broad SMARTS) is 1. The number of carbonyl (C=O) groups is 3. The quantitative estimate of drug-likeness (QED) is 0.771. The van der Waals surface area contributed by atoms with Gasteiger partial charge >= 0.3 is 5.97 Å². The van der Waals surface area contributed by atoms with Gasteiger partial charge in [0, 0.05) is 24.2 Å². The van der Waals surface area contributed by atoms with Crippen LogP contribution in [0.4, 0.5) is 11.4 Å². The predicted molar refractivity (Wildman–Crippen MR) is 98.1 cm³/mol. The van der Waals surface area contributed by atoms with Crippen LogP contribution < -0.4 is 10.6 Å². The molecule has 26 heavy (non-hydrogen) atoms. The summed E-state index contributed by atoms with van der Waals surface area (Å²) in [4.78, 5) is 35.7. The fourth-order valence-electron chi connectivity index (χ4n) is 3.09. The molecule has 3 N–H and O–H groups in total. The summed E-state index contributed by atoms with van der Waals surface area (Å²) in [5, 5.41) is 15.2. The Bertz CT molecular complexity index is 863. The second-order valence-electron chi connectivity index (χ2n) is 6.65. The number of fused-ring (bicyclic) bond motifs is 1. The molecule has 134 valence electrons. The number of carboxylic acids is 1. The number of carbonyl (C=O) groups excluding carboxylic acids is 2. The van der Waals surface area contributed by atoms with E-state index in [-0.39, 0.29) is 18.2 Å². The normalized spacial score (nSPS) is 15.3.